The highest BCUT2D eigenvalue weighted by atomic mass is 19.4. The first kappa shape index (κ1) is 30.7. The standard InChI is InChI=1S/C28H31F4N3O5/c1-16-33-15-22(39-16)21(36)11-12-27(38,28(30,31)32)23-14-18(26(5,6)35-24(37)40-25(2,3)4)13-20(34-23)17-7-9-19(29)10-8-17/h7-10,13-15,38H,11-12H2,1-6H3,(H,35,37). The molecule has 3 rings (SSSR count). The molecule has 3 aromatic rings. The predicted molar refractivity (Wildman–Crippen MR) is 137 cm³/mol. The van der Waals surface area contributed by atoms with Gasteiger partial charge in [-0.3, -0.25) is 4.79 Å². The number of alkyl halides is 3. The van der Waals surface area contributed by atoms with Crippen molar-refractivity contribution in [3.8, 4) is 11.3 Å². The van der Waals surface area contributed by atoms with Crippen LogP contribution in [-0.4, -0.2) is 38.7 Å². The van der Waals surface area contributed by atoms with E-state index in [2.05, 4.69) is 15.3 Å². The van der Waals surface area contributed by atoms with E-state index in [0.717, 1.165) is 24.4 Å². The molecule has 1 amide bonds. The number of pyridine rings is 1. The number of nitrogens with one attached hydrogen (secondary N) is 1. The highest BCUT2D eigenvalue weighted by Crippen LogP contribution is 2.43. The first-order valence-corrected chi connectivity index (χ1v) is 12.4. The van der Waals surface area contributed by atoms with Crippen molar-refractivity contribution < 1.29 is 41.4 Å². The number of benzene rings is 1. The van der Waals surface area contributed by atoms with Crippen LogP contribution in [0.15, 0.2) is 47.0 Å². The molecule has 0 aliphatic heterocycles. The average molecular weight is 566 g/mol. The van der Waals surface area contributed by atoms with Crippen molar-refractivity contribution in [1.29, 1.82) is 0 Å². The number of carbonyl (C=O) groups excluding carboxylic acids is 2. The number of ether oxygens (including phenoxy) is 1. The molecule has 8 nitrogen and oxygen atoms in total. The minimum absolute atomic E-state index is 0.0218. The molecule has 0 aliphatic rings. The van der Waals surface area contributed by atoms with Crippen LogP contribution in [0.2, 0.25) is 0 Å². The number of rotatable bonds is 8. The number of ketones is 1. The molecule has 0 bridgehead atoms. The van der Waals surface area contributed by atoms with Crippen LogP contribution < -0.4 is 5.32 Å². The van der Waals surface area contributed by atoms with Crippen molar-refractivity contribution >= 4 is 11.9 Å². The number of nitrogens with zero attached hydrogens (tertiary/aromatic N) is 2. The molecule has 2 heterocycles. The van der Waals surface area contributed by atoms with Gasteiger partial charge in [0.05, 0.1) is 23.1 Å². The van der Waals surface area contributed by atoms with Gasteiger partial charge >= 0.3 is 12.3 Å². The summed E-state index contributed by atoms with van der Waals surface area (Å²) in [6, 6.07) is 7.31. The summed E-state index contributed by atoms with van der Waals surface area (Å²) in [5.74, 6) is -1.43. The van der Waals surface area contributed by atoms with Crippen LogP contribution in [0.3, 0.4) is 0 Å². The zero-order valence-corrected chi connectivity index (χ0v) is 22.9. The van der Waals surface area contributed by atoms with Crippen LogP contribution >= 0.6 is 0 Å². The Kier molecular flexibility index (Phi) is 8.45. The number of hydrogen-bond donors (Lipinski definition) is 2. The lowest BCUT2D eigenvalue weighted by Crippen LogP contribution is -2.45. The molecule has 0 saturated heterocycles. The monoisotopic (exact) mass is 565 g/mol. The van der Waals surface area contributed by atoms with E-state index in [4.69, 9.17) is 9.15 Å². The van der Waals surface area contributed by atoms with Gasteiger partial charge in [-0.05, 0) is 83.0 Å². The Balaban J connectivity index is 2.11. The molecule has 1 unspecified atom stereocenters. The first-order chi connectivity index (χ1) is 18.3. The van der Waals surface area contributed by atoms with Crippen molar-refractivity contribution in [3.05, 3.63) is 71.3 Å². The van der Waals surface area contributed by atoms with Gasteiger partial charge in [-0.2, -0.15) is 13.2 Å². The van der Waals surface area contributed by atoms with E-state index in [1.54, 1.807) is 20.8 Å². The second-order valence-corrected chi connectivity index (χ2v) is 10.9. The van der Waals surface area contributed by atoms with Crippen LogP contribution in [-0.2, 0) is 15.9 Å². The Labute approximate surface area is 228 Å². The minimum atomic E-state index is -5.25. The fraction of sp³-hybridized carbons (Fsp3) is 0.429. The molecule has 0 aliphatic carbocycles. The zero-order valence-electron chi connectivity index (χ0n) is 22.9. The normalized spacial score (nSPS) is 14.0. The molecule has 1 atom stereocenters. The lowest BCUT2D eigenvalue weighted by atomic mass is 9.86. The van der Waals surface area contributed by atoms with Crippen LogP contribution in [0.5, 0.6) is 0 Å². The maximum absolute atomic E-state index is 14.5. The third-order valence-corrected chi connectivity index (χ3v) is 6.00. The van der Waals surface area contributed by atoms with Gasteiger partial charge in [-0.25, -0.2) is 19.2 Å². The molecule has 0 fully saturated rings. The van der Waals surface area contributed by atoms with Crippen molar-refractivity contribution in [3.63, 3.8) is 0 Å². The maximum Gasteiger partial charge on any atom is 0.422 e. The fourth-order valence-corrected chi connectivity index (χ4v) is 3.83. The van der Waals surface area contributed by atoms with Gasteiger partial charge in [0.1, 0.15) is 11.4 Å². The minimum Gasteiger partial charge on any atom is -0.444 e. The number of alkyl carbamates (subject to hydrolysis) is 1. The van der Waals surface area contributed by atoms with Crippen LogP contribution in [0.25, 0.3) is 11.3 Å². The lowest BCUT2D eigenvalue weighted by Gasteiger charge is -2.33. The summed E-state index contributed by atoms with van der Waals surface area (Å²) in [5, 5.41) is 13.7. The van der Waals surface area contributed by atoms with E-state index in [9.17, 15) is 32.3 Å². The van der Waals surface area contributed by atoms with E-state index < -0.39 is 59.1 Å². The van der Waals surface area contributed by atoms with E-state index in [1.807, 2.05) is 0 Å². The van der Waals surface area contributed by atoms with Crippen LogP contribution in [0.1, 0.15) is 75.2 Å². The van der Waals surface area contributed by atoms with Crippen molar-refractivity contribution in [2.24, 2.45) is 0 Å². The molecule has 0 spiro atoms. The molecule has 0 saturated carbocycles. The SMILES string of the molecule is Cc1ncc(C(=O)CCC(O)(c2cc(C(C)(C)NC(=O)OC(C)(C)C)cc(-c3ccc(F)cc3)n2)C(F)(F)F)o1. The fourth-order valence-electron chi connectivity index (χ4n) is 3.83. The number of amides is 1. The summed E-state index contributed by atoms with van der Waals surface area (Å²) in [4.78, 5) is 32.9. The number of hydrogen-bond acceptors (Lipinski definition) is 7. The lowest BCUT2D eigenvalue weighted by molar-refractivity contribution is -0.270. The first-order valence-electron chi connectivity index (χ1n) is 12.4. The van der Waals surface area contributed by atoms with Gasteiger partial charge < -0.3 is 19.6 Å². The van der Waals surface area contributed by atoms with Gasteiger partial charge in [0.25, 0.3) is 0 Å². The Morgan fingerprint density at radius 1 is 1.05 bits per heavy atom. The Hall–Kier alpha value is -3.80. The van der Waals surface area contributed by atoms with Gasteiger partial charge in [0.2, 0.25) is 5.60 Å². The highest BCUT2D eigenvalue weighted by molar-refractivity contribution is 5.93. The van der Waals surface area contributed by atoms with E-state index in [0.29, 0.717) is 0 Å². The predicted octanol–water partition coefficient (Wildman–Crippen LogP) is 6.36. The van der Waals surface area contributed by atoms with E-state index in [1.165, 1.54) is 39.0 Å². The van der Waals surface area contributed by atoms with Gasteiger partial charge in [-0.1, -0.05) is 0 Å². The molecule has 216 valence electrons. The molecule has 2 aromatic heterocycles. The zero-order chi connectivity index (χ0) is 30.1. The summed E-state index contributed by atoms with van der Waals surface area (Å²) in [6.45, 7) is 9.51. The van der Waals surface area contributed by atoms with Crippen molar-refractivity contribution in [2.75, 3.05) is 0 Å². The third kappa shape index (κ3) is 7.23. The van der Waals surface area contributed by atoms with Crippen LogP contribution in [0.4, 0.5) is 22.4 Å². The van der Waals surface area contributed by atoms with Crippen LogP contribution in [0, 0.1) is 12.7 Å². The van der Waals surface area contributed by atoms with E-state index in [-0.39, 0.29) is 28.5 Å². The molecule has 1 aromatic carbocycles. The molecule has 40 heavy (non-hydrogen) atoms. The number of oxazole rings is 1. The second kappa shape index (κ2) is 11.0. The van der Waals surface area contributed by atoms with Crippen molar-refractivity contribution in [2.45, 2.75) is 77.3 Å². The number of carbonyl (C=O) groups is 2. The number of halogens is 4. The molecular weight excluding hydrogens is 534 g/mol. The Morgan fingerprint density at radius 2 is 1.68 bits per heavy atom. The van der Waals surface area contributed by atoms with Gasteiger partial charge in [0.15, 0.2) is 17.4 Å². The molecular formula is C28H31F4N3O5. The second-order valence-electron chi connectivity index (χ2n) is 10.9. The quantitative estimate of drug-likeness (QED) is 0.241. The maximum atomic E-state index is 14.5. The topological polar surface area (TPSA) is 115 Å². The average Bonchev–Trinajstić information content (AvgIpc) is 3.26. The third-order valence-electron chi connectivity index (χ3n) is 6.00. The highest BCUT2D eigenvalue weighted by Gasteiger charge is 2.56. The summed E-state index contributed by atoms with van der Waals surface area (Å²) in [5.41, 5.74) is -6.14. The summed E-state index contributed by atoms with van der Waals surface area (Å²) in [7, 11) is 0. The largest absolute Gasteiger partial charge is 0.444 e. The number of aliphatic hydroxyl groups is 1. The molecule has 0 radical (unpaired) electrons. The molecule has 2 N–H and O–H groups in total. The smallest absolute Gasteiger partial charge is 0.422 e. The van der Waals surface area contributed by atoms with Gasteiger partial charge in [0, 0.05) is 18.9 Å². The molecule has 12 heteroatoms. The summed E-state index contributed by atoms with van der Waals surface area (Å²) >= 11 is 0. The van der Waals surface area contributed by atoms with E-state index >= 15 is 0 Å². The number of aryl methyl sites for hydroxylation is 1. The Morgan fingerprint density at radius 3 is 2.20 bits per heavy atom. The number of aromatic nitrogens is 2. The Bertz CT molecular complexity index is 1380. The van der Waals surface area contributed by atoms with Crippen molar-refractivity contribution in [1.82, 2.24) is 15.3 Å². The summed E-state index contributed by atoms with van der Waals surface area (Å²) < 4.78 is 67.4. The summed E-state index contributed by atoms with van der Waals surface area (Å²) in [6.07, 6.45) is -6.78. The number of Topliss-reactive ketones (excluding diaryl/α,β-unsaturated/α-hetero) is 1. The van der Waals surface area contributed by atoms with Gasteiger partial charge in [-0.15, -0.1) is 0 Å².